The molecule has 3 heterocycles. The molecule has 0 unspecified atom stereocenters. The van der Waals surface area contributed by atoms with Gasteiger partial charge in [-0.1, -0.05) is 18.2 Å². The van der Waals surface area contributed by atoms with Crippen LogP contribution in [0.3, 0.4) is 0 Å². The Kier molecular flexibility index (Phi) is 5.53. The summed E-state index contributed by atoms with van der Waals surface area (Å²) in [6, 6.07) is 17.9. The van der Waals surface area contributed by atoms with Crippen LogP contribution in [0.15, 0.2) is 76.5 Å². The minimum absolute atomic E-state index is 0.590. The second kappa shape index (κ2) is 8.41. The van der Waals surface area contributed by atoms with Crippen molar-refractivity contribution >= 4 is 34.0 Å². The Hall–Kier alpha value is -3.25. The molecule has 146 valence electrons. The molecular weight excluding hydrogens is 380 g/mol. The molecular formula is C23H22N4OS. The highest BCUT2D eigenvalue weighted by molar-refractivity contribution is 7.16. The molecule has 4 rings (SSSR count). The first-order valence-corrected chi connectivity index (χ1v) is 10.3. The van der Waals surface area contributed by atoms with Crippen LogP contribution in [0.25, 0.3) is 6.08 Å². The van der Waals surface area contributed by atoms with Crippen LogP contribution in [0.5, 0.6) is 5.75 Å². The summed E-state index contributed by atoms with van der Waals surface area (Å²) in [6.07, 6.45) is 3.85. The fraction of sp³-hybridized carbons (Fsp3) is 0.174. The van der Waals surface area contributed by atoms with Gasteiger partial charge < -0.3 is 9.64 Å². The molecule has 0 radical (unpaired) electrons. The number of allylic oxidation sites excluding steroid dienone is 1. The number of ether oxygens (including phenoxy) is 1. The fourth-order valence-electron chi connectivity index (χ4n) is 3.00. The molecule has 0 spiro atoms. The van der Waals surface area contributed by atoms with Gasteiger partial charge in [0, 0.05) is 25.2 Å². The van der Waals surface area contributed by atoms with E-state index in [2.05, 4.69) is 28.1 Å². The first-order chi connectivity index (χ1) is 14.2. The number of rotatable bonds is 6. The Morgan fingerprint density at radius 1 is 1.00 bits per heavy atom. The lowest BCUT2D eigenvalue weighted by molar-refractivity contribution is 0.339. The zero-order valence-corrected chi connectivity index (χ0v) is 17.5. The lowest BCUT2D eigenvalue weighted by atomic mass is 10.1. The smallest absolute Gasteiger partial charge is 0.164 e. The quantitative estimate of drug-likeness (QED) is 0.589. The summed E-state index contributed by atoms with van der Waals surface area (Å²) >= 11 is 1.71. The number of nitrogens with zero attached hydrogens (tertiary/aromatic N) is 4. The Morgan fingerprint density at radius 2 is 1.83 bits per heavy atom. The number of anilines is 1. The molecule has 0 amide bonds. The van der Waals surface area contributed by atoms with E-state index in [1.54, 1.807) is 17.5 Å². The minimum atomic E-state index is 0.590. The molecule has 1 aliphatic heterocycles. The van der Waals surface area contributed by atoms with Crippen molar-refractivity contribution in [3.8, 4) is 5.75 Å². The maximum absolute atomic E-state index is 5.78. The van der Waals surface area contributed by atoms with Gasteiger partial charge in [0.25, 0.3) is 0 Å². The zero-order valence-electron chi connectivity index (χ0n) is 16.7. The van der Waals surface area contributed by atoms with Crippen molar-refractivity contribution in [3.63, 3.8) is 0 Å². The molecule has 0 saturated carbocycles. The fourth-order valence-corrected chi connectivity index (χ4v) is 3.86. The van der Waals surface area contributed by atoms with E-state index in [9.17, 15) is 0 Å². The third-order valence-electron chi connectivity index (χ3n) is 4.35. The average Bonchev–Trinajstić information content (AvgIpc) is 3.37. The van der Waals surface area contributed by atoms with Crippen LogP contribution in [0.2, 0.25) is 0 Å². The number of hydrogen-bond acceptors (Lipinski definition) is 6. The zero-order chi connectivity index (χ0) is 20.2. The molecule has 3 aromatic rings. The summed E-state index contributed by atoms with van der Waals surface area (Å²) in [4.78, 5) is 17.4. The Bertz CT molecular complexity index is 1100. The van der Waals surface area contributed by atoms with Crippen LogP contribution in [-0.2, 0) is 0 Å². The Balaban J connectivity index is 1.80. The summed E-state index contributed by atoms with van der Waals surface area (Å²) in [7, 11) is 4.08. The molecule has 5 nitrogen and oxygen atoms in total. The summed E-state index contributed by atoms with van der Waals surface area (Å²) in [5.41, 5.74) is 3.26. The van der Waals surface area contributed by atoms with Gasteiger partial charge in [-0.05, 0) is 49.4 Å². The van der Waals surface area contributed by atoms with Crippen molar-refractivity contribution in [2.45, 2.75) is 6.92 Å². The van der Waals surface area contributed by atoms with Crippen molar-refractivity contribution in [2.24, 2.45) is 9.98 Å². The van der Waals surface area contributed by atoms with Gasteiger partial charge in [0.15, 0.2) is 5.84 Å². The predicted molar refractivity (Wildman–Crippen MR) is 122 cm³/mol. The maximum Gasteiger partial charge on any atom is 0.164 e. The number of para-hydroxylation sites is 1. The Labute approximate surface area is 174 Å². The van der Waals surface area contributed by atoms with Crippen molar-refractivity contribution in [2.75, 3.05) is 25.6 Å². The number of pyridine rings is 1. The maximum atomic E-state index is 5.78. The molecule has 0 saturated heterocycles. The SMILES string of the molecule is CCOc1ccccc1C1=NC(=Cc2ccc(N(C)C)s2)C(c2ccccn2)=N1. The van der Waals surface area contributed by atoms with Crippen LogP contribution < -0.4 is 9.64 Å². The van der Waals surface area contributed by atoms with Gasteiger partial charge >= 0.3 is 0 Å². The lowest BCUT2D eigenvalue weighted by Gasteiger charge is -2.07. The van der Waals surface area contributed by atoms with E-state index in [0.717, 1.165) is 33.3 Å². The van der Waals surface area contributed by atoms with Gasteiger partial charge in [0.05, 0.1) is 28.6 Å². The molecule has 0 fully saturated rings. The summed E-state index contributed by atoms with van der Waals surface area (Å²) in [5, 5.41) is 1.19. The largest absolute Gasteiger partial charge is 0.493 e. The van der Waals surface area contributed by atoms with E-state index >= 15 is 0 Å². The van der Waals surface area contributed by atoms with Gasteiger partial charge in [-0.2, -0.15) is 0 Å². The first-order valence-electron chi connectivity index (χ1n) is 9.46. The van der Waals surface area contributed by atoms with E-state index in [0.29, 0.717) is 12.4 Å². The molecule has 6 heteroatoms. The normalized spacial score (nSPS) is 14.7. The van der Waals surface area contributed by atoms with E-state index in [-0.39, 0.29) is 0 Å². The molecule has 0 bridgehead atoms. The van der Waals surface area contributed by atoms with Gasteiger partial charge in [-0.25, -0.2) is 9.98 Å². The van der Waals surface area contributed by atoms with Crippen LogP contribution in [-0.4, -0.2) is 37.2 Å². The molecule has 1 aromatic carbocycles. The number of benzene rings is 1. The third kappa shape index (κ3) is 4.12. The highest BCUT2D eigenvalue weighted by Gasteiger charge is 2.22. The third-order valence-corrected chi connectivity index (χ3v) is 5.55. The standard InChI is InChI=1S/C23H22N4OS/c1-4-28-20-11-6-5-9-17(20)23-25-19(15-16-12-13-21(29-16)27(2)3)22(26-23)18-10-7-8-14-24-18/h5-15H,4H2,1-3H3. The van der Waals surface area contributed by atoms with Crippen molar-refractivity contribution in [1.82, 2.24) is 4.98 Å². The summed E-state index contributed by atoms with van der Waals surface area (Å²) < 4.78 is 5.78. The van der Waals surface area contributed by atoms with E-state index < -0.39 is 0 Å². The second-order valence-electron chi connectivity index (χ2n) is 6.64. The molecule has 2 aromatic heterocycles. The number of hydrogen-bond donors (Lipinski definition) is 0. The van der Waals surface area contributed by atoms with Crippen molar-refractivity contribution in [3.05, 3.63) is 82.6 Å². The van der Waals surface area contributed by atoms with Gasteiger partial charge in [0.1, 0.15) is 11.5 Å². The van der Waals surface area contributed by atoms with Crippen LogP contribution >= 0.6 is 11.3 Å². The minimum Gasteiger partial charge on any atom is -0.493 e. The lowest BCUT2D eigenvalue weighted by Crippen LogP contribution is -2.05. The molecule has 1 aliphatic rings. The monoisotopic (exact) mass is 402 g/mol. The second-order valence-corrected chi connectivity index (χ2v) is 7.73. The summed E-state index contributed by atoms with van der Waals surface area (Å²) in [5.74, 6) is 1.43. The number of amidine groups is 1. The highest BCUT2D eigenvalue weighted by Crippen LogP contribution is 2.30. The first kappa shape index (κ1) is 19.1. The van der Waals surface area contributed by atoms with Crippen LogP contribution in [0, 0.1) is 0 Å². The molecule has 29 heavy (non-hydrogen) atoms. The van der Waals surface area contributed by atoms with Crippen molar-refractivity contribution in [1.29, 1.82) is 0 Å². The number of thiophene rings is 1. The molecule has 0 N–H and O–H groups in total. The van der Waals surface area contributed by atoms with Crippen LogP contribution in [0.1, 0.15) is 23.1 Å². The van der Waals surface area contributed by atoms with Gasteiger partial charge in [0.2, 0.25) is 0 Å². The van der Waals surface area contributed by atoms with E-state index in [1.807, 2.05) is 63.5 Å². The van der Waals surface area contributed by atoms with E-state index in [4.69, 9.17) is 14.7 Å². The van der Waals surface area contributed by atoms with Gasteiger partial charge in [-0.3, -0.25) is 4.98 Å². The Morgan fingerprint density at radius 3 is 2.55 bits per heavy atom. The predicted octanol–water partition coefficient (Wildman–Crippen LogP) is 4.90. The highest BCUT2D eigenvalue weighted by atomic mass is 32.1. The molecule has 0 atom stereocenters. The van der Waals surface area contributed by atoms with E-state index in [1.165, 1.54) is 5.00 Å². The van der Waals surface area contributed by atoms with Gasteiger partial charge in [-0.15, -0.1) is 11.3 Å². The average molecular weight is 403 g/mol. The number of aliphatic imine (C=N–C) groups is 2. The van der Waals surface area contributed by atoms with Crippen molar-refractivity contribution < 1.29 is 4.74 Å². The number of aromatic nitrogens is 1. The summed E-state index contributed by atoms with van der Waals surface area (Å²) in [6.45, 7) is 2.56. The molecule has 0 aliphatic carbocycles. The topological polar surface area (TPSA) is 50.1 Å². The van der Waals surface area contributed by atoms with Crippen LogP contribution in [0.4, 0.5) is 5.00 Å².